The van der Waals surface area contributed by atoms with Gasteiger partial charge in [-0.15, -0.1) is 11.8 Å². The zero-order valence-corrected chi connectivity index (χ0v) is 17.0. The number of carbonyl (C=O) groups excluding carboxylic acids is 1. The minimum absolute atomic E-state index is 0.0212. The van der Waals surface area contributed by atoms with Gasteiger partial charge in [0.25, 0.3) is 0 Å². The molecule has 1 amide bonds. The molecule has 0 spiro atoms. The molecule has 7 heteroatoms. The molecule has 2 aliphatic rings. The number of ether oxygens (including phenoxy) is 3. The molecule has 26 heavy (non-hydrogen) atoms. The van der Waals surface area contributed by atoms with Crippen molar-refractivity contribution in [3.05, 3.63) is 17.7 Å². The summed E-state index contributed by atoms with van der Waals surface area (Å²) in [6.45, 7) is 10.6. The molecule has 144 valence electrons. The van der Waals surface area contributed by atoms with Crippen LogP contribution in [-0.2, 0) is 4.79 Å². The van der Waals surface area contributed by atoms with Gasteiger partial charge in [-0.25, -0.2) is 0 Å². The highest BCUT2D eigenvalue weighted by molar-refractivity contribution is 8.00. The lowest BCUT2D eigenvalue weighted by Crippen LogP contribution is -2.43. The maximum absolute atomic E-state index is 12.5. The molecule has 0 saturated carbocycles. The van der Waals surface area contributed by atoms with Crippen molar-refractivity contribution in [2.24, 2.45) is 0 Å². The molecule has 2 aliphatic heterocycles. The van der Waals surface area contributed by atoms with Crippen molar-refractivity contribution < 1.29 is 19.0 Å². The molecule has 2 heterocycles. The highest BCUT2D eigenvalue weighted by atomic mass is 32.2. The summed E-state index contributed by atoms with van der Waals surface area (Å²) < 4.78 is 16.5. The maximum Gasteiger partial charge on any atom is 0.233 e. The molecular weight excluding hydrogens is 352 g/mol. The summed E-state index contributed by atoms with van der Waals surface area (Å²) in [6.07, 6.45) is 0. The monoisotopic (exact) mass is 380 g/mol. The van der Waals surface area contributed by atoms with E-state index in [0.29, 0.717) is 41.6 Å². The highest BCUT2D eigenvalue weighted by Crippen LogP contribution is 2.47. The van der Waals surface area contributed by atoms with Crippen LogP contribution in [0.2, 0.25) is 0 Å². The Morgan fingerprint density at radius 3 is 2.65 bits per heavy atom. The van der Waals surface area contributed by atoms with Crippen LogP contribution in [0.25, 0.3) is 0 Å². The lowest BCUT2D eigenvalue weighted by atomic mass is 10.1. The third-order valence-corrected chi connectivity index (χ3v) is 6.12. The smallest absolute Gasteiger partial charge is 0.233 e. The van der Waals surface area contributed by atoms with Crippen LogP contribution in [0.4, 0.5) is 0 Å². The molecule has 3 rings (SSSR count). The molecule has 0 bridgehead atoms. The van der Waals surface area contributed by atoms with E-state index >= 15 is 0 Å². The van der Waals surface area contributed by atoms with Gasteiger partial charge in [-0.05, 0) is 45.4 Å². The highest BCUT2D eigenvalue weighted by Gasteiger charge is 2.35. The molecule has 1 aromatic carbocycles. The van der Waals surface area contributed by atoms with Crippen LogP contribution >= 0.6 is 11.8 Å². The number of benzene rings is 1. The first-order chi connectivity index (χ1) is 12.4. The van der Waals surface area contributed by atoms with Crippen molar-refractivity contribution >= 4 is 17.7 Å². The second kappa shape index (κ2) is 7.96. The van der Waals surface area contributed by atoms with Crippen molar-refractivity contribution in [2.45, 2.75) is 45.2 Å². The summed E-state index contributed by atoms with van der Waals surface area (Å²) in [7, 11) is 1.62. The Bertz CT molecular complexity index is 657. The molecule has 0 aliphatic carbocycles. The van der Waals surface area contributed by atoms with Gasteiger partial charge in [-0.2, -0.15) is 0 Å². The van der Waals surface area contributed by atoms with Crippen molar-refractivity contribution in [3.8, 4) is 17.2 Å². The molecule has 1 unspecified atom stereocenters. The van der Waals surface area contributed by atoms with E-state index in [1.807, 2.05) is 17.0 Å². The van der Waals surface area contributed by atoms with Gasteiger partial charge in [-0.1, -0.05) is 0 Å². The number of hydrogen-bond acceptors (Lipinski definition) is 6. The summed E-state index contributed by atoms with van der Waals surface area (Å²) in [4.78, 5) is 16.9. The van der Waals surface area contributed by atoms with Crippen LogP contribution in [0.3, 0.4) is 0 Å². The van der Waals surface area contributed by atoms with Crippen molar-refractivity contribution in [2.75, 3.05) is 32.7 Å². The average Bonchev–Trinajstić information content (AvgIpc) is 3.20. The number of fused-ring (bicyclic) bond motifs is 1. The average molecular weight is 381 g/mol. The van der Waals surface area contributed by atoms with E-state index in [1.54, 1.807) is 18.9 Å². The first-order valence-corrected chi connectivity index (χ1v) is 10.1. The van der Waals surface area contributed by atoms with Crippen LogP contribution in [0.15, 0.2) is 12.1 Å². The molecule has 1 aromatic rings. The molecule has 1 atom stereocenters. The fraction of sp³-hybridized carbons (Fsp3) is 0.632. The Kier molecular flexibility index (Phi) is 5.87. The van der Waals surface area contributed by atoms with Crippen molar-refractivity contribution in [1.82, 2.24) is 9.80 Å². The predicted molar refractivity (Wildman–Crippen MR) is 103 cm³/mol. The Hall–Kier alpha value is -1.60. The Balaban J connectivity index is 1.80. The molecule has 0 N–H and O–H groups in total. The van der Waals surface area contributed by atoms with E-state index in [1.165, 1.54) is 0 Å². The molecule has 0 aromatic heterocycles. The number of hydrogen-bond donors (Lipinski definition) is 0. The van der Waals surface area contributed by atoms with Gasteiger partial charge in [0.05, 0.1) is 12.9 Å². The van der Waals surface area contributed by atoms with Gasteiger partial charge in [0, 0.05) is 25.2 Å². The van der Waals surface area contributed by atoms with E-state index < -0.39 is 0 Å². The molecule has 1 fully saturated rings. The van der Waals surface area contributed by atoms with E-state index in [0.717, 1.165) is 12.1 Å². The zero-order chi connectivity index (χ0) is 18.8. The van der Waals surface area contributed by atoms with Gasteiger partial charge in [0.1, 0.15) is 5.37 Å². The van der Waals surface area contributed by atoms with Crippen LogP contribution in [0.1, 0.15) is 38.6 Å². The predicted octanol–water partition coefficient (Wildman–Crippen LogP) is 3.12. The van der Waals surface area contributed by atoms with Gasteiger partial charge < -0.3 is 19.1 Å². The first-order valence-electron chi connectivity index (χ1n) is 9.06. The second-order valence-corrected chi connectivity index (χ2v) is 8.20. The van der Waals surface area contributed by atoms with E-state index in [2.05, 4.69) is 32.6 Å². The van der Waals surface area contributed by atoms with Gasteiger partial charge in [0.2, 0.25) is 18.4 Å². The fourth-order valence-corrected chi connectivity index (χ4v) is 4.80. The summed E-state index contributed by atoms with van der Waals surface area (Å²) in [6, 6.07) is 4.82. The third-order valence-electron chi connectivity index (χ3n) is 4.86. The number of carbonyl (C=O) groups is 1. The number of thioether (sulfide) groups is 1. The van der Waals surface area contributed by atoms with Crippen molar-refractivity contribution in [1.29, 1.82) is 0 Å². The summed E-state index contributed by atoms with van der Waals surface area (Å²) in [5.74, 6) is 2.67. The fourth-order valence-electron chi connectivity index (χ4n) is 3.60. The van der Waals surface area contributed by atoms with Gasteiger partial charge in [-0.3, -0.25) is 9.69 Å². The molecule has 6 nitrogen and oxygen atoms in total. The minimum atomic E-state index is -0.0212. The number of amides is 1. The maximum atomic E-state index is 12.5. The topological polar surface area (TPSA) is 51.2 Å². The Morgan fingerprint density at radius 1 is 1.27 bits per heavy atom. The summed E-state index contributed by atoms with van der Waals surface area (Å²) in [5, 5.41) is -0.0212. The molecular formula is C19H28N2O4S. The normalized spacial score (nSPS) is 19.3. The first kappa shape index (κ1) is 19.2. The van der Waals surface area contributed by atoms with Crippen LogP contribution in [0.5, 0.6) is 17.2 Å². The number of rotatable bonds is 7. The van der Waals surface area contributed by atoms with E-state index in [4.69, 9.17) is 14.2 Å². The molecule has 0 radical (unpaired) electrons. The van der Waals surface area contributed by atoms with E-state index in [-0.39, 0.29) is 18.1 Å². The second-order valence-electron chi connectivity index (χ2n) is 7.13. The quantitative estimate of drug-likeness (QED) is 0.724. The van der Waals surface area contributed by atoms with Gasteiger partial charge in [0.15, 0.2) is 11.5 Å². The lowest BCUT2D eigenvalue weighted by molar-refractivity contribution is -0.128. The molecule has 1 saturated heterocycles. The lowest BCUT2D eigenvalue weighted by Gasteiger charge is -2.33. The SMILES string of the molecule is COc1cc(C2SCC(=O)N2CCN(C(C)C)C(C)C)cc2c1OCO2. The number of nitrogens with zero attached hydrogens (tertiary/aromatic N) is 2. The van der Waals surface area contributed by atoms with Gasteiger partial charge >= 0.3 is 0 Å². The summed E-state index contributed by atoms with van der Waals surface area (Å²) in [5.41, 5.74) is 1.02. The summed E-state index contributed by atoms with van der Waals surface area (Å²) >= 11 is 1.65. The van der Waals surface area contributed by atoms with E-state index in [9.17, 15) is 4.79 Å². The largest absolute Gasteiger partial charge is 0.493 e. The Morgan fingerprint density at radius 2 is 2.00 bits per heavy atom. The van der Waals surface area contributed by atoms with Crippen LogP contribution < -0.4 is 14.2 Å². The minimum Gasteiger partial charge on any atom is -0.493 e. The third kappa shape index (κ3) is 3.74. The standard InChI is InChI=1S/C19H28N2O4S/c1-12(2)20(13(3)4)6-7-21-17(22)10-26-19(21)14-8-15(23-5)18-16(9-14)24-11-25-18/h8-9,12-13,19H,6-7,10-11H2,1-5H3. The number of methoxy groups -OCH3 is 1. The van der Waals surface area contributed by atoms with Crippen LogP contribution in [0, 0.1) is 0 Å². The van der Waals surface area contributed by atoms with Crippen LogP contribution in [-0.4, -0.2) is 60.5 Å². The Labute approximate surface area is 159 Å². The zero-order valence-electron chi connectivity index (χ0n) is 16.2. The van der Waals surface area contributed by atoms with Crippen molar-refractivity contribution in [3.63, 3.8) is 0 Å².